The van der Waals surface area contributed by atoms with E-state index < -0.39 is 17.6 Å². The summed E-state index contributed by atoms with van der Waals surface area (Å²) in [5, 5.41) is 24.0. The van der Waals surface area contributed by atoms with Gasteiger partial charge in [0.15, 0.2) is 0 Å². The molecule has 3 N–H and O–H groups in total. The van der Waals surface area contributed by atoms with Gasteiger partial charge < -0.3 is 20.1 Å². The quantitative estimate of drug-likeness (QED) is 0.755. The van der Waals surface area contributed by atoms with Crippen molar-refractivity contribution in [2.75, 3.05) is 5.32 Å². The molecule has 18 heavy (non-hydrogen) atoms. The number of amides is 1. The molecule has 0 saturated carbocycles. The standard InChI is InChI=1S/C11H8N2O5/c14-8-5-6(1-2-7(8)11(16)17)13-10(15)9-3-4-12-18-9/h1-5,14H,(H,13,15)(H,16,17). The molecule has 1 amide bonds. The van der Waals surface area contributed by atoms with Gasteiger partial charge in [0.05, 0.1) is 6.20 Å². The Bertz CT molecular complexity index is 591. The monoisotopic (exact) mass is 248 g/mol. The molecule has 7 nitrogen and oxygen atoms in total. The van der Waals surface area contributed by atoms with E-state index in [-0.39, 0.29) is 17.0 Å². The molecule has 1 heterocycles. The van der Waals surface area contributed by atoms with Gasteiger partial charge in [-0.1, -0.05) is 5.16 Å². The van der Waals surface area contributed by atoms with Crippen molar-refractivity contribution < 1.29 is 24.3 Å². The van der Waals surface area contributed by atoms with E-state index in [4.69, 9.17) is 5.11 Å². The predicted octanol–water partition coefficient (Wildman–Crippen LogP) is 1.33. The van der Waals surface area contributed by atoms with Gasteiger partial charge in [0.25, 0.3) is 5.91 Å². The third-order valence-electron chi connectivity index (χ3n) is 2.15. The molecule has 2 rings (SSSR count). The van der Waals surface area contributed by atoms with Gasteiger partial charge in [-0.15, -0.1) is 0 Å². The van der Waals surface area contributed by atoms with E-state index in [1.807, 2.05) is 0 Å². The Labute approximate surface area is 101 Å². The van der Waals surface area contributed by atoms with Gasteiger partial charge in [-0.3, -0.25) is 4.79 Å². The third kappa shape index (κ3) is 2.29. The van der Waals surface area contributed by atoms with Gasteiger partial charge in [0, 0.05) is 17.8 Å². The number of benzene rings is 1. The van der Waals surface area contributed by atoms with Gasteiger partial charge in [-0.2, -0.15) is 0 Å². The van der Waals surface area contributed by atoms with Gasteiger partial charge in [0.2, 0.25) is 5.76 Å². The number of carboxylic acids is 1. The molecule has 7 heteroatoms. The molecule has 0 aliphatic rings. The normalized spacial score (nSPS) is 10.0. The van der Waals surface area contributed by atoms with Crippen molar-refractivity contribution in [2.45, 2.75) is 0 Å². The van der Waals surface area contributed by atoms with Gasteiger partial charge in [-0.05, 0) is 12.1 Å². The summed E-state index contributed by atoms with van der Waals surface area (Å²) in [5.74, 6) is -2.22. The maximum atomic E-state index is 11.6. The maximum absolute atomic E-state index is 11.6. The van der Waals surface area contributed by atoms with Crippen molar-refractivity contribution >= 4 is 17.6 Å². The van der Waals surface area contributed by atoms with Crippen LogP contribution in [0.4, 0.5) is 5.69 Å². The van der Waals surface area contributed by atoms with Crippen LogP contribution in [0.15, 0.2) is 35.0 Å². The molecule has 2 aromatic rings. The lowest BCUT2D eigenvalue weighted by Crippen LogP contribution is -2.11. The summed E-state index contributed by atoms with van der Waals surface area (Å²) in [6, 6.07) is 5.06. The highest BCUT2D eigenvalue weighted by molar-refractivity contribution is 6.02. The number of carboxylic acid groups (broad SMARTS) is 1. The molecule has 92 valence electrons. The molecule has 0 atom stereocenters. The number of hydrogen-bond acceptors (Lipinski definition) is 5. The van der Waals surface area contributed by atoms with Crippen LogP contribution in [0.25, 0.3) is 0 Å². The Balaban J connectivity index is 2.18. The lowest BCUT2D eigenvalue weighted by molar-refractivity contribution is 0.0693. The Kier molecular flexibility index (Phi) is 2.96. The second-order valence-corrected chi connectivity index (χ2v) is 3.37. The Morgan fingerprint density at radius 3 is 2.61 bits per heavy atom. The number of carbonyl (C=O) groups excluding carboxylic acids is 1. The molecule has 0 bridgehead atoms. The summed E-state index contributed by atoms with van der Waals surface area (Å²) < 4.78 is 4.64. The average molecular weight is 248 g/mol. The number of nitrogens with one attached hydrogen (secondary N) is 1. The van der Waals surface area contributed by atoms with Crippen molar-refractivity contribution in [2.24, 2.45) is 0 Å². The summed E-state index contributed by atoms with van der Waals surface area (Å²) in [6.07, 6.45) is 1.32. The number of aromatic carboxylic acids is 1. The van der Waals surface area contributed by atoms with Crippen molar-refractivity contribution in [3.05, 3.63) is 41.8 Å². The van der Waals surface area contributed by atoms with Crippen LogP contribution in [0, 0.1) is 0 Å². The number of carbonyl (C=O) groups is 2. The van der Waals surface area contributed by atoms with E-state index in [1.165, 1.54) is 24.4 Å². The average Bonchev–Trinajstić information content (AvgIpc) is 2.81. The minimum Gasteiger partial charge on any atom is -0.507 e. The SMILES string of the molecule is O=C(Nc1ccc(C(=O)O)c(O)c1)c1ccno1. The molecule has 1 aromatic carbocycles. The van der Waals surface area contributed by atoms with Crippen LogP contribution in [0.3, 0.4) is 0 Å². The van der Waals surface area contributed by atoms with Crippen LogP contribution in [0.5, 0.6) is 5.75 Å². The number of aromatic hydroxyl groups is 1. The maximum Gasteiger partial charge on any atom is 0.339 e. The Morgan fingerprint density at radius 2 is 2.06 bits per heavy atom. The second kappa shape index (κ2) is 4.58. The highest BCUT2D eigenvalue weighted by Gasteiger charge is 2.13. The lowest BCUT2D eigenvalue weighted by atomic mass is 10.2. The fraction of sp³-hybridized carbons (Fsp3) is 0. The van der Waals surface area contributed by atoms with E-state index in [9.17, 15) is 14.7 Å². The van der Waals surface area contributed by atoms with Gasteiger partial charge in [-0.25, -0.2) is 4.79 Å². The molecule has 0 unspecified atom stereocenters. The molecule has 1 aromatic heterocycles. The Morgan fingerprint density at radius 1 is 1.28 bits per heavy atom. The molecular weight excluding hydrogens is 240 g/mol. The minimum absolute atomic E-state index is 0.0109. The topological polar surface area (TPSA) is 113 Å². The van der Waals surface area contributed by atoms with E-state index >= 15 is 0 Å². The highest BCUT2D eigenvalue weighted by atomic mass is 16.5. The molecule has 0 saturated heterocycles. The van der Waals surface area contributed by atoms with Crippen molar-refractivity contribution in [1.82, 2.24) is 5.16 Å². The number of nitrogens with zero attached hydrogens (tertiary/aromatic N) is 1. The highest BCUT2D eigenvalue weighted by Crippen LogP contribution is 2.22. The number of hydrogen-bond donors (Lipinski definition) is 3. The zero-order chi connectivity index (χ0) is 13.1. The van der Waals surface area contributed by atoms with E-state index in [0.29, 0.717) is 0 Å². The van der Waals surface area contributed by atoms with Gasteiger partial charge >= 0.3 is 5.97 Å². The molecular formula is C11H8N2O5. The molecule has 0 spiro atoms. The first kappa shape index (κ1) is 11.6. The summed E-state index contributed by atoms with van der Waals surface area (Å²) in [6.45, 7) is 0. The number of anilines is 1. The van der Waals surface area contributed by atoms with Crippen LogP contribution in [-0.4, -0.2) is 27.2 Å². The van der Waals surface area contributed by atoms with E-state index in [2.05, 4.69) is 15.0 Å². The van der Waals surface area contributed by atoms with Crippen LogP contribution in [0.2, 0.25) is 0 Å². The zero-order valence-electron chi connectivity index (χ0n) is 8.95. The summed E-state index contributed by atoms with van der Waals surface area (Å²) in [4.78, 5) is 22.2. The predicted molar refractivity (Wildman–Crippen MR) is 59.5 cm³/mol. The summed E-state index contributed by atoms with van der Waals surface area (Å²) in [5.41, 5.74) is 0.00608. The number of phenols is 1. The van der Waals surface area contributed by atoms with Crippen molar-refractivity contribution in [1.29, 1.82) is 0 Å². The third-order valence-corrected chi connectivity index (χ3v) is 2.15. The first-order valence-corrected chi connectivity index (χ1v) is 4.86. The van der Waals surface area contributed by atoms with Crippen LogP contribution in [-0.2, 0) is 0 Å². The fourth-order valence-corrected chi connectivity index (χ4v) is 1.32. The largest absolute Gasteiger partial charge is 0.507 e. The van der Waals surface area contributed by atoms with Crippen LogP contribution < -0.4 is 5.32 Å². The number of aromatic nitrogens is 1. The van der Waals surface area contributed by atoms with Crippen molar-refractivity contribution in [3.8, 4) is 5.75 Å². The smallest absolute Gasteiger partial charge is 0.339 e. The molecule has 0 radical (unpaired) electrons. The molecule has 0 fully saturated rings. The van der Waals surface area contributed by atoms with Crippen LogP contribution in [0.1, 0.15) is 20.9 Å². The lowest BCUT2D eigenvalue weighted by Gasteiger charge is -2.05. The van der Waals surface area contributed by atoms with E-state index in [1.54, 1.807) is 0 Å². The van der Waals surface area contributed by atoms with Crippen LogP contribution >= 0.6 is 0 Å². The second-order valence-electron chi connectivity index (χ2n) is 3.37. The van der Waals surface area contributed by atoms with Crippen molar-refractivity contribution in [3.63, 3.8) is 0 Å². The Hall–Kier alpha value is -2.83. The minimum atomic E-state index is -1.25. The zero-order valence-corrected chi connectivity index (χ0v) is 8.95. The first-order valence-electron chi connectivity index (χ1n) is 4.86. The fourth-order valence-electron chi connectivity index (χ4n) is 1.32. The summed E-state index contributed by atoms with van der Waals surface area (Å²) >= 11 is 0. The number of rotatable bonds is 3. The van der Waals surface area contributed by atoms with Gasteiger partial charge in [0.1, 0.15) is 11.3 Å². The molecule has 0 aliphatic carbocycles. The summed E-state index contributed by atoms with van der Waals surface area (Å²) in [7, 11) is 0. The first-order chi connectivity index (χ1) is 8.58. The van der Waals surface area contributed by atoms with E-state index in [0.717, 1.165) is 6.07 Å². The molecule has 0 aliphatic heterocycles.